The van der Waals surface area contributed by atoms with Crippen molar-refractivity contribution in [3.8, 4) is 5.75 Å². The first-order chi connectivity index (χ1) is 13.9. The topological polar surface area (TPSA) is 61.2 Å². The van der Waals surface area contributed by atoms with Crippen molar-refractivity contribution in [2.24, 2.45) is 0 Å². The maximum atomic E-state index is 12.6. The van der Waals surface area contributed by atoms with Crippen LogP contribution in [-0.2, 0) is 6.54 Å². The summed E-state index contributed by atoms with van der Waals surface area (Å²) in [7, 11) is 0. The van der Waals surface area contributed by atoms with Crippen molar-refractivity contribution in [1.29, 1.82) is 0 Å². The van der Waals surface area contributed by atoms with Gasteiger partial charge in [0.15, 0.2) is 5.78 Å². The van der Waals surface area contributed by atoms with Crippen LogP contribution in [0.4, 0.5) is 0 Å². The fraction of sp³-hybridized carbons (Fsp3) is 0.136. The van der Waals surface area contributed by atoms with Crippen molar-refractivity contribution in [3.63, 3.8) is 0 Å². The molecule has 0 spiro atoms. The van der Waals surface area contributed by atoms with E-state index < -0.39 is 5.97 Å². The number of carbonyl (C=O) groups is 2. The minimum Gasteiger partial charge on any atom is -0.422 e. The highest BCUT2D eigenvalue weighted by molar-refractivity contribution is 7.20. The molecule has 2 aromatic heterocycles. The molecule has 7 heteroatoms. The molecule has 146 valence electrons. The summed E-state index contributed by atoms with van der Waals surface area (Å²) in [6.45, 7) is 3.92. The Balaban J connectivity index is 1.59. The molecule has 0 N–H and O–H groups in total. The summed E-state index contributed by atoms with van der Waals surface area (Å²) in [6.07, 6.45) is 0. The van der Waals surface area contributed by atoms with Crippen LogP contribution in [-0.4, -0.2) is 21.5 Å². The zero-order valence-electron chi connectivity index (χ0n) is 15.8. The standard InChI is InChI=1S/C22H17ClN2O3S/c1-13-18-11-20(22(27)28-17-9-7-15(8-10-17)14(2)26)29-21(18)25(24-13)12-16-5-3-4-6-19(16)23/h3-11H,12H2,1-2H3. The Morgan fingerprint density at radius 2 is 1.86 bits per heavy atom. The molecule has 4 rings (SSSR count). The van der Waals surface area contributed by atoms with Crippen molar-refractivity contribution < 1.29 is 14.3 Å². The summed E-state index contributed by atoms with van der Waals surface area (Å²) in [4.78, 5) is 25.3. The van der Waals surface area contributed by atoms with Crippen LogP contribution < -0.4 is 4.74 Å². The molecule has 0 saturated carbocycles. The SMILES string of the molecule is CC(=O)c1ccc(OC(=O)c2cc3c(C)nn(Cc4ccccc4Cl)c3s2)cc1. The number of ether oxygens (including phenoxy) is 1. The first-order valence-electron chi connectivity index (χ1n) is 8.96. The number of hydrogen-bond acceptors (Lipinski definition) is 5. The van der Waals surface area contributed by atoms with E-state index >= 15 is 0 Å². The highest BCUT2D eigenvalue weighted by Gasteiger charge is 2.18. The maximum absolute atomic E-state index is 12.6. The molecule has 0 aliphatic carbocycles. The molecule has 5 nitrogen and oxygen atoms in total. The number of carbonyl (C=O) groups excluding carboxylic acids is 2. The number of fused-ring (bicyclic) bond motifs is 1. The Labute approximate surface area is 176 Å². The lowest BCUT2D eigenvalue weighted by molar-refractivity contribution is 0.0740. The number of aryl methyl sites for hydroxylation is 1. The number of hydrogen-bond donors (Lipinski definition) is 0. The fourth-order valence-corrected chi connectivity index (χ4v) is 4.26. The largest absolute Gasteiger partial charge is 0.422 e. The van der Waals surface area contributed by atoms with Gasteiger partial charge in [0, 0.05) is 16.0 Å². The molecular formula is C22H17ClN2O3S. The smallest absolute Gasteiger partial charge is 0.353 e. The number of halogens is 1. The highest BCUT2D eigenvalue weighted by Crippen LogP contribution is 2.30. The van der Waals surface area contributed by atoms with Gasteiger partial charge in [-0.1, -0.05) is 29.8 Å². The third-order valence-corrected chi connectivity index (χ3v) is 6.06. The minimum atomic E-state index is -0.439. The van der Waals surface area contributed by atoms with Crippen LogP contribution in [0.3, 0.4) is 0 Å². The van der Waals surface area contributed by atoms with E-state index in [4.69, 9.17) is 16.3 Å². The van der Waals surface area contributed by atoms with Gasteiger partial charge in [-0.25, -0.2) is 4.79 Å². The van der Waals surface area contributed by atoms with Crippen molar-refractivity contribution in [1.82, 2.24) is 9.78 Å². The third-order valence-electron chi connectivity index (χ3n) is 4.56. The van der Waals surface area contributed by atoms with Crippen molar-refractivity contribution in [2.45, 2.75) is 20.4 Å². The average Bonchev–Trinajstić information content (AvgIpc) is 3.26. The molecule has 0 aliphatic rings. The van der Waals surface area contributed by atoms with Crippen LogP contribution in [0.1, 0.15) is 38.2 Å². The van der Waals surface area contributed by atoms with Crippen LogP contribution in [0.5, 0.6) is 5.75 Å². The highest BCUT2D eigenvalue weighted by atomic mass is 35.5. The normalized spacial score (nSPS) is 11.0. The van der Waals surface area contributed by atoms with Crippen LogP contribution in [0.15, 0.2) is 54.6 Å². The van der Waals surface area contributed by atoms with Gasteiger partial charge < -0.3 is 4.74 Å². The minimum absolute atomic E-state index is 0.0362. The summed E-state index contributed by atoms with van der Waals surface area (Å²) in [5, 5.41) is 6.18. The molecule has 0 saturated heterocycles. The van der Waals surface area contributed by atoms with Crippen molar-refractivity contribution in [2.75, 3.05) is 0 Å². The molecule has 0 radical (unpaired) electrons. The van der Waals surface area contributed by atoms with Crippen LogP contribution in [0.2, 0.25) is 5.02 Å². The molecular weight excluding hydrogens is 408 g/mol. The van der Waals surface area contributed by atoms with Gasteiger partial charge in [-0.05, 0) is 55.8 Å². The summed E-state index contributed by atoms with van der Waals surface area (Å²) in [5.74, 6) is -0.0803. The predicted octanol–water partition coefficient (Wildman–Crippen LogP) is 5.53. The molecule has 2 aromatic carbocycles. The number of rotatable bonds is 5. The van der Waals surface area contributed by atoms with Gasteiger partial charge in [0.25, 0.3) is 0 Å². The number of ketones is 1. The van der Waals surface area contributed by atoms with Gasteiger partial charge in [-0.15, -0.1) is 11.3 Å². The van der Waals surface area contributed by atoms with Crippen LogP contribution in [0.25, 0.3) is 10.2 Å². The molecule has 0 bridgehead atoms. The second kappa shape index (κ2) is 7.81. The second-order valence-corrected chi connectivity index (χ2v) is 8.07. The first kappa shape index (κ1) is 19.4. The molecule has 0 atom stereocenters. The Morgan fingerprint density at radius 3 is 2.55 bits per heavy atom. The Kier molecular flexibility index (Phi) is 5.22. The van der Waals surface area contributed by atoms with E-state index in [1.54, 1.807) is 30.3 Å². The number of nitrogens with zero attached hydrogens (tertiary/aromatic N) is 2. The third kappa shape index (κ3) is 3.95. The second-order valence-electron chi connectivity index (χ2n) is 6.63. The van der Waals surface area contributed by atoms with Gasteiger partial charge in [-0.3, -0.25) is 9.48 Å². The number of aromatic nitrogens is 2. The molecule has 0 aliphatic heterocycles. The summed E-state index contributed by atoms with van der Waals surface area (Å²) in [6, 6.07) is 15.9. The maximum Gasteiger partial charge on any atom is 0.353 e. The van der Waals surface area contributed by atoms with Gasteiger partial charge in [0.05, 0.1) is 12.2 Å². The summed E-state index contributed by atoms with van der Waals surface area (Å²) < 4.78 is 7.32. The first-order valence-corrected chi connectivity index (χ1v) is 10.2. The average molecular weight is 425 g/mol. The van der Waals surface area contributed by atoms with Gasteiger partial charge >= 0.3 is 5.97 Å². The predicted molar refractivity (Wildman–Crippen MR) is 114 cm³/mol. The number of esters is 1. The van der Waals surface area contributed by atoms with Crippen LogP contribution >= 0.6 is 22.9 Å². The van der Waals surface area contributed by atoms with E-state index in [9.17, 15) is 9.59 Å². The van der Waals surface area contributed by atoms with E-state index in [0.29, 0.717) is 27.8 Å². The lowest BCUT2D eigenvalue weighted by Gasteiger charge is -2.05. The van der Waals surface area contributed by atoms with E-state index in [1.807, 2.05) is 35.9 Å². The van der Waals surface area contributed by atoms with Gasteiger partial charge in [0.2, 0.25) is 0 Å². The zero-order valence-corrected chi connectivity index (χ0v) is 17.4. The monoisotopic (exact) mass is 424 g/mol. The lowest BCUT2D eigenvalue weighted by Crippen LogP contribution is -2.07. The Bertz CT molecular complexity index is 1220. The Hall–Kier alpha value is -2.96. The molecule has 29 heavy (non-hydrogen) atoms. The molecule has 0 unspecified atom stereocenters. The fourth-order valence-electron chi connectivity index (χ4n) is 3.02. The molecule has 4 aromatic rings. The van der Waals surface area contributed by atoms with E-state index in [2.05, 4.69) is 5.10 Å². The number of Topliss-reactive ketones (excluding diaryl/α,β-unsaturated/α-hetero) is 1. The van der Waals surface area contributed by atoms with Crippen molar-refractivity contribution in [3.05, 3.63) is 81.3 Å². The molecule has 2 heterocycles. The lowest BCUT2D eigenvalue weighted by atomic mass is 10.1. The quantitative estimate of drug-likeness (QED) is 0.240. The van der Waals surface area contributed by atoms with Gasteiger partial charge in [-0.2, -0.15) is 5.10 Å². The summed E-state index contributed by atoms with van der Waals surface area (Å²) >= 11 is 7.61. The van der Waals surface area contributed by atoms with Gasteiger partial charge in [0.1, 0.15) is 15.5 Å². The number of benzene rings is 2. The van der Waals surface area contributed by atoms with Crippen LogP contribution in [0, 0.1) is 6.92 Å². The summed E-state index contributed by atoms with van der Waals surface area (Å²) in [5.41, 5.74) is 2.37. The van der Waals surface area contributed by atoms with E-state index in [0.717, 1.165) is 21.5 Å². The molecule has 0 fully saturated rings. The Morgan fingerprint density at radius 1 is 1.14 bits per heavy atom. The van der Waals surface area contributed by atoms with Crippen molar-refractivity contribution >= 4 is 44.9 Å². The number of thiophene rings is 1. The molecule has 0 amide bonds. The van der Waals surface area contributed by atoms with E-state index in [1.165, 1.54) is 18.3 Å². The van der Waals surface area contributed by atoms with E-state index in [-0.39, 0.29) is 5.78 Å². The zero-order chi connectivity index (χ0) is 20.5.